The lowest BCUT2D eigenvalue weighted by Gasteiger charge is -2.27. The first-order valence-electron chi connectivity index (χ1n) is 7.19. The number of carbonyl (C=O) groups is 1. The maximum absolute atomic E-state index is 12.7. The number of H-pyrrole nitrogens is 1. The van der Waals surface area contributed by atoms with Gasteiger partial charge < -0.3 is 9.88 Å². The lowest BCUT2D eigenvalue weighted by molar-refractivity contribution is 0.0991. The number of aryl methyl sites for hydroxylation is 1. The van der Waals surface area contributed by atoms with Crippen LogP contribution in [0, 0.1) is 6.92 Å². The monoisotopic (exact) mass is 268 g/mol. The molecule has 0 saturated heterocycles. The van der Waals surface area contributed by atoms with Gasteiger partial charge in [-0.25, -0.2) is 0 Å². The van der Waals surface area contributed by atoms with Crippen LogP contribution in [0.4, 0.5) is 5.69 Å². The van der Waals surface area contributed by atoms with E-state index in [0.29, 0.717) is 5.92 Å². The summed E-state index contributed by atoms with van der Waals surface area (Å²) in [7, 11) is 1.85. The number of para-hydroxylation sites is 1. The van der Waals surface area contributed by atoms with Gasteiger partial charge in [0.1, 0.15) is 0 Å². The molecule has 1 fully saturated rings. The summed E-state index contributed by atoms with van der Waals surface area (Å²) >= 11 is 0. The van der Waals surface area contributed by atoms with Crippen LogP contribution in [-0.4, -0.2) is 17.9 Å². The molecule has 0 aliphatic heterocycles. The van der Waals surface area contributed by atoms with E-state index in [1.807, 2.05) is 50.5 Å². The fourth-order valence-corrected chi connectivity index (χ4v) is 2.83. The highest BCUT2D eigenvalue weighted by atomic mass is 16.2. The van der Waals surface area contributed by atoms with Crippen LogP contribution in [0.5, 0.6) is 0 Å². The predicted molar refractivity (Wildman–Crippen MR) is 81.3 cm³/mol. The summed E-state index contributed by atoms with van der Waals surface area (Å²) in [6, 6.07) is 9.89. The lowest BCUT2D eigenvalue weighted by Crippen LogP contribution is -2.28. The van der Waals surface area contributed by atoms with Crippen molar-refractivity contribution in [1.29, 1.82) is 0 Å². The summed E-state index contributed by atoms with van der Waals surface area (Å²) in [4.78, 5) is 17.7. The first-order chi connectivity index (χ1) is 9.68. The zero-order chi connectivity index (χ0) is 14.1. The minimum absolute atomic E-state index is 0.0717. The number of benzene rings is 1. The second-order valence-corrected chi connectivity index (χ2v) is 5.58. The summed E-state index contributed by atoms with van der Waals surface area (Å²) in [5, 5.41) is 0. The number of aromatic nitrogens is 1. The van der Waals surface area contributed by atoms with Gasteiger partial charge >= 0.3 is 0 Å². The normalized spacial score (nSPS) is 14.9. The van der Waals surface area contributed by atoms with Crippen molar-refractivity contribution < 1.29 is 4.79 Å². The van der Waals surface area contributed by atoms with E-state index in [1.54, 1.807) is 4.90 Å². The van der Waals surface area contributed by atoms with Gasteiger partial charge in [-0.3, -0.25) is 4.79 Å². The first kappa shape index (κ1) is 13.0. The van der Waals surface area contributed by atoms with E-state index in [2.05, 4.69) is 4.98 Å². The van der Waals surface area contributed by atoms with E-state index < -0.39 is 0 Å². The number of anilines is 1. The molecular formula is C17H20N2O. The van der Waals surface area contributed by atoms with Crippen LogP contribution in [0.1, 0.15) is 46.8 Å². The van der Waals surface area contributed by atoms with E-state index in [9.17, 15) is 4.79 Å². The first-order valence-corrected chi connectivity index (χ1v) is 7.19. The van der Waals surface area contributed by atoms with E-state index in [4.69, 9.17) is 0 Å². The Hall–Kier alpha value is -2.03. The highest BCUT2D eigenvalue weighted by Crippen LogP contribution is 2.37. The Kier molecular flexibility index (Phi) is 3.35. The minimum atomic E-state index is 0.0717. The third-order valence-corrected chi connectivity index (χ3v) is 4.30. The molecule has 3 nitrogen and oxygen atoms in total. The number of nitrogens with one attached hydrogen (secondary N) is 1. The Morgan fingerprint density at radius 1 is 1.25 bits per heavy atom. The van der Waals surface area contributed by atoms with Crippen molar-refractivity contribution in [2.75, 3.05) is 11.9 Å². The molecular weight excluding hydrogens is 248 g/mol. The van der Waals surface area contributed by atoms with Gasteiger partial charge in [0.15, 0.2) is 0 Å². The van der Waals surface area contributed by atoms with Crippen molar-refractivity contribution in [2.45, 2.75) is 32.1 Å². The summed E-state index contributed by atoms with van der Waals surface area (Å²) in [6.45, 7) is 2.03. The molecule has 1 saturated carbocycles. The van der Waals surface area contributed by atoms with Gasteiger partial charge in [-0.1, -0.05) is 24.6 Å². The molecule has 1 aromatic heterocycles. The Labute approximate surface area is 119 Å². The van der Waals surface area contributed by atoms with Gasteiger partial charge in [0.05, 0.1) is 5.56 Å². The van der Waals surface area contributed by atoms with Gasteiger partial charge in [0, 0.05) is 24.6 Å². The van der Waals surface area contributed by atoms with Crippen LogP contribution in [0.3, 0.4) is 0 Å². The fourth-order valence-electron chi connectivity index (χ4n) is 2.83. The van der Waals surface area contributed by atoms with E-state index >= 15 is 0 Å². The molecule has 0 radical (unpaired) electrons. The SMILES string of the molecule is Cc1ccccc1N(C)C(=O)c1cc[nH]c1C1CCC1. The van der Waals surface area contributed by atoms with Crippen molar-refractivity contribution >= 4 is 11.6 Å². The number of rotatable bonds is 3. The topological polar surface area (TPSA) is 36.1 Å². The van der Waals surface area contributed by atoms with E-state index in [1.165, 1.54) is 19.3 Å². The smallest absolute Gasteiger partial charge is 0.259 e. The highest BCUT2D eigenvalue weighted by Gasteiger charge is 2.27. The number of nitrogens with zero attached hydrogens (tertiary/aromatic N) is 1. The van der Waals surface area contributed by atoms with Crippen molar-refractivity contribution in [1.82, 2.24) is 4.98 Å². The standard InChI is InChI=1S/C17H20N2O/c1-12-6-3-4-9-15(12)19(2)17(20)14-10-11-18-16(14)13-7-5-8-13/h3-4,6,9-11,13,18H,5,7-8H2,1-2H3. The van der Waals surface area contributed by atoms with E-state index in [0.717, 1.165) is 22.5 Å². The average molecular weight is 268 g/mol. The largest absolute Gasteiger partial charge is 0.364 e. The van der Waals surface area contributed by atoms with Gasteiger partial charge in [-0.05, 0) is 43.4 Å². The second-order valence-electron chi connectivity index (χ2n) is 5.58. The number of hydrogen-bond donors (Lipinski definition) is 1. The van der Waals surface area contributed by atoms with Gasteiger partial charge in [0.2, 0.25) is 0 Å². The molecule has 0 atom stereocenters. The Morgan fingerprint density at radius 2 is 2.00 bits per heavy atom. The number of hydrogen-bond acceptors (Lipinski definition) is 1. The van der Waals surface area contributed by atoms with Crippen molar-refractivity contribution in [3.05, 3.63) is 53.3 Å². The molecule has 2 aromatic rings. The molecule has 0 unspecified atom stereocenters. The molecule has 1 heterocycles. The molecule has 0 spiro atoms. The zero-order valence-electron chi connectivity index (χ0n) is 12.0. The quantitative estimate of drug-likeness (QED) is 0.901. The summed E-state index contributed by atoms with van der Waals surface area (Å²) in [5.41, 5.74) is 4.02. The molecule has 1 N–H and O–H groups in total. The van der Waals surface area contributed by atoms with Crippen LogP contribution >= 0.6 is 0 Å². The van der Waals surface area contributed by atoms with Gasteiger partial charge in [-0.2, -0.15) is 0 Å². The highest BCUT2D eigenvalue weighted by molar-refractivity contribution is 6.07. The van der Waals surface area contributed by atoms with Crippen LogP contribution in [0.15, 0.2) is 36.5 Å². The number of amides is 1. The molecule has 3 heteroatoms. The predicted octanol–water partition coefficient (Wildman–Crippen LogP) is 3.87. The molecule has 3 rings (SSSR count). The maximum Gasteiger partial charge on any atom is 0.259 e. The Bertz CT molecular complexity index is 625. The summed E-state index contributed by atoms with van der Waals surface area (Å²) < 4.78 is 0. The average Bonchev–Trinajstić information content (AvgIpc) is 2.84. The molecule has 1 amide bonds. The third-order valence-electron chi connectivity index (χ3n) is 4.30. The van der Waals surface area contributed by atoms with Crippen molar-refractivity contribution in [3.63, 3.8) is 0 Å². The summed E-state index contributed by atoms with van der Waals surface area (Å²) in [6.07, 6.45) is 5.53. The zero-order valence-corrected chi connectivity index (χ0v) is 12.0. The molecule has 1 aliphatic carbocycles. The van der Waals surface area contributed by atoms with Crippen LogP contribution in [-0.2, 0) is 0 Å². The van der Waals surface area contributed by atoms with Crippen LogP contribution in [0.2, 0.25) is 0 Å². The lowest BCUT2D eigenvalue weighted by atomic mass is 9.81. The maximum atomic E-state index is 12.7. The molecule has 20 heavy (non-hydrogen) atoms. The van der Waals surface area contributed by atoms with E-state index in [-0.39, 0.29) is 5.91 Å². The van der Waals surface area contributed by atoms with Crippen molar-refractivity contribution in [2.24, 2.45) is 0 Å². The fraction of sp³-hybridized carbons (Fsp3) is 0.353. The second kappa shape index (κ2) is 5.16. The third kappa shape index (κ3) is 2.13. The Morgan fingerprint density at radius 3 is 2.65 bits per heavy atom. The minimum Gasteiger partial charge on any atom is -0.364 e. The number of carbonyl (C=O) groups excluding carboxylic acids is 1. The van der Waals surface area contributed by atoms with Crippen molar-refractivity contribution in [3.8, 4) is 0 Å². The molecule has 0 bridgehead atoms. The van der Waals surface area contributed by atoms with Crippen LogP contribution in [0.25, 0.3) is 0 Å². The molecule has 1 aromatic carbocycles. The van der Waals surface area contributed by atoms with Gasteiger partial charge in [0.25, 0.3) is 5.91 Å². The summed E-state index contributed by atoms with van der Waals surface area (Å²) in [5.74, 6) is 0.608. The Balaban J connectivity index is 1.89. The molecule has 104 valence electrons. The molecule has 1 aliphatic rings. The van der Waals surface area contributed by atoms with Gasteiger partial charge in [-0.15, -0.1) is 0 Å². The van der Waals surface area contributed by atoms with Crippen LogP contribution < -0.4 is 4.90 Å². The number of aromatic amines is 1.